The number of fused-ring (bicyclic) bond motifs is 3. The van der Waals surface area contributed by atoms with Crippen LogP contribution < -0.4 is 0 Å². The average Bonchev–Trinajstić information content (AvgIpc) is 3.35. The van der Waals surface area contributed by atoms with E-state index in [-0.39, 0.29) is 31.2 Å². The molecule has 0 aliphatic rings. The van der Waals surface area contributed by atoms with Gasteiger partial charge in [-0.05, 0) is 47.9 Å². The Morgan fingerprint density at radius 3 is 2.38 bits per heavy atom. The van der Waals surface area contributed by atoms with Crippen molar-refractivity contribution in [3.8, 4) is 22.5 Å². The van der Waals surface area contributed by atoms with E-state index in [1.54, 1.807) is 18.3 Å². The van der Waals surface area contributed by atoms with Gasteiger partial charge in [0.2, 0.25) is 5.71 Å². The molecule has 0 amide bonds. The molecule has 4 heterocycles. The monoisotopic (exact) mass is 668 g/mol. The quantitative estimate of drug-likeness (QED) is 0.179. The Hall–Kier alpha value is -3.66. The molecule has 5 heteroatoms. The summed E-state index contributed by atoms with van der Waals surface area (Å²) in [5.41, 5.74) is 5.79. The van der Waals surface area contributed by atoms with E-state index in [9.17, 15) is 0 Å². The molecule has 0 bridgehead atoms. The molecule has 4 nitrogen and oxygen atoms in total. The topological polar surface area (TPSA) is 51.8 Å². The van der Waals surface area contributed by atoms with Crippen LogP contribution in [-0.2, 0) is 20.1 Å². The number of pyridine rings is 3. The van der Waals surface area contributed by atoms with Crippen molar-refractivity contribution in [1.29, 1.82) is 0 Å². The molecule has 0 aliphatic carbocycles. The molecule has 6 rings (SSSR count). The molecule has 2 aromatic carbocycles. The molecular formula is C32H27IrN3O-2. The second-order valence-corrected chi connectivity index (χ2v) is 8.58. The molecule has 0 atom stereocenters. The second-order valence-electron chi connectivity index (χ2n) is 8.58. The molecule has 0 fully saturated rings. The van der Waals surface area contributed by atoms with Gasteiger partial charge in [0.15, 0.2) is 0 Å². The largest absolute Gasteiger partial charge is 0.486 e. The Bertz CT molecular complexity index is 1760. The van der Waals surface area contributed by atoms with Gasteiger partial charge in [-0.1, -0.05) is 55.9 Å². The Morgan fingerprint density at radius 1 is 0.838 bits per heavy atom. The first kappa shape index (κ1) is 19.5. The molecule has 0 unspecified atom stereocenters. The van der Waals surface area contributed by atoms with Crippen LogP contribution in [0, 0.1) is 25.8 Å². The molecule has 0 saturated heterocycles. The Labute approximate surface area is 239 Å². The van der Waals surface area contributed by atoms with Gasteiger partial charge in [-0.2, -0.15) is 0 Å². The van der Waals surface area contributed by atoms with Gasteiger partial charge in [0, 0.05) is 51.8 Å². The van der Waals surface area contributed by atoms with E-state index in [4.69, 9.17) is 12.6 Å². The summed E-state index contributed by atoms with van der Waals surface area (Å²) in [5, 5.41) is 2.09. The smallest absolute Gasteiger partial charge is 0.216 e. The van der Waals surface area contributed by atoms with Gasteiger partial charge in [-0.3, -0.25) is 0 Å². The van der Waals surface area contributed by atoms with Crippen molar-refractivity contribution in [1.82, 2.24) is 15.0 Å². The summed E-state index contributed by atoms with van der Waals surface area (Å²) in [6.07, 6.45) is 3.08. The number of aromatic nitrogens is 3. The zero-order valence-corrected chi connectivity index (χ0v) is 22.6. The van der Waals surface area contributed by atoms with E-state index in [0.29, 0.717) is 22.9 Å². The fourth-order valence-corrected chi connectivity index (χ4v) is 3.80. The molecule has 0 spiro atoms. The molecule has 187 valence electrons. The SMILES string of the molecule is CC(C)c1ccc2c(n1)oc1c(-c3ccccn3)[c-]ccc12.[2H]C([2H])([2H])c1c[c-]c(-c2ccc(C([2H])([2H])[2H])cn2)cc1.[Ir]. The van der Waals surface area contributed by atoms with Crippen molar-refractivity contribution in [2.24, 2.45) is 0 Å². The average molecular weight is 668 g/mol. The number of hydrogen-bond acceptors (Lipinski definition) is 4. The van der Waals surface area contributed by atoms with Crippen LogP contribution in [0.3, 0.4) is 0 Å². The summed E-state index contributed by atoms with van der Waals surface area (Å²) < 4.78 is 49.7. The summed E-state index contributed by atoms with van der Waals surface area (Å²) in [5.74, 6) is 0.374. The zero-order valence-electron chi connectivity index (χ0n) is 26.2. The van der Waals surface area contributed by atoms with Crippen LogP contribution in [0.2, 0.25) is 0 Å². The van der Waals surface area contributed by atoms with E-state index < -0.39 is 13.7 Å². The van der Waals surface area contributed by atoms with Gasteiger partial charge in [0.1, 0.15) is 0 Å². The van der Waals surface area contributed by atoms with Crippen molar-refractivity contribution >= 4 is 22.1 Å². The summed E-state index contributed by atoms with van der Waals surface area (Å²) in [4.78, 5) is 13.1. The minimum atomic E-state index is -2.18. The van der Waals surface area contributed by atoms with Crippen LogP contribution in [0.1, 0.15) is 44.8 Å². The van der Waals surface area contributed by atoms with Crippen LogP contribution in [0.5, 0.6) is 0 Å². The molecule has 4 aromatic heterocycles. The predicted octanol–water partition coefficient (Wildman–Crippen LogP) is 8.13. The van der Waals surface area contributed by atoms with E-state index in [2.05, 4.69) is 53.1 Å². The van der Waals surface area contributed by atoms with E-state index >= 15 is 0 Å². The van der Waals surface area contributed by atoms with Gasteiger partial charge in [-0.25, -0.2) is 4.98 Å². The summed E-state index contributed by atoms with van der Waals surface area (Å²) in [7, 11) is 0. The van der Waals surface area contributed by atoms with Crippen molar-refractivity contribution in [2.75, 3.05) is 0 Å². The molecule has 1 radical (unpaired) electrons. The zero-order chi connectivity index (χ0) is 30.1. The van der Waals surface area contributed by atoms with Gasteiger partial charge in [0.25, 0.3) is 0 Å². The van der Waals surface area contributed by atoms with Gasteiger partial charge < -0.3 is 14.4 Å². The third kappa shape index (κ3) is 5.85. The fraction of sp³-hybridized carbons (Fsp3) is 0.156. The Morgan fingerprint density at radius 2 is 1.70 bits per heavy atom. The molecule has 0 saturated carbocycles. The normalized spacial score (nSPS) is 13.8. The second kappa shape index (κ2) is 11.6. The number of hydrogen-bond donors (Lipinski definition) is 0. The molecular weight excluding hydrogens is 635 g/mol. The fourth-order valence-electron chi connectivity index (χ4n) is 3.80. The minimum Gasteiger partial charge on any atom is -0.486 e. The summed E-state index contributed by atoms with van der Waals surface area (Å²) in [6, 6.07) is 27.6. The third-order valence-electron chi connectivity index (χ3n) is 5.68. The maximum absolute atomic E-state index is 7.28. The molecule has 6 aromatic rings. The summed E-state index contributed by atoms with van der Waals surface area (Å²) in [6.45, 7) is -0.0816. The number of aryl methyl sites for hydroxylation is 2. The maximum atomic E-state index is 7.28. The van der Waals surface area contributed by atoms with Gasteiger partial charge in [0.05, 0.1) is 5.58 Å². The van der Waals surface area contributed by atoms with E-state index in [1.807, 2.05) is 30.3 Å². The van der Waals surface area contributed by atoms with Crippen LogP contribution in [0.15, 0.2) is 89.6 Å². The van der Waals surface area contributed by atoms with Crippen molar-refractivity contribution in [2.45, 2.75) is 33.5 Å². The molecule has 0 N–H and O–H groups in total. The van der Waals surface area contributed by atoms with Crippen molar-refractivity contribution in [3.63, 3.8) is 0 Å². The standard InChI is InChI=1S/C19H15N2O.C13H12N.Ir/c1-12(2)16-10-9-14-13-6-5-7-15(17-8-3-4-11-20-17)18(13)22-19(14)21-16;1-10-3-6-12(7-4-10)13-8-5-11(2)9-14-13;/h3-6,8-12H,1-2H3;3-6,8-9H,1-2H3;/q2*-1;/i;1D3,2D3;. The van der Waals surface area contributed by atoms with Crippen molar-refractivity contribution < 1.29 is 32.7 Å². The van der Waals surface area contributed by atoms with E-state index in [1.165, 1.54) is 24.4 Å². The van der Waals surface area contributed by atoms with Gasteiger partial charge in [-0.15, -0.1) is 53.6 Å². The number of nitrogens with zero attached hydrogens (tertiary/aromatic N) is 3. The minimum absolute atomic E-state index is 0. The molecule has 0 aliphatic heterocycles. The van der Waals surface area contributed by atoms with Crippen LogP contribution in [0.4, 0.5) is 0 Å². The number of benzene rings is 2. The predicted molar refractivity (Wildman–Crippen MR) is 146 cm³/mol. The van der Waals surface area contributed by atoms with Crippen molar-refractivity contribution in [3.05, 3.63) is 114 Å². The maximum Gasteiger partial charge on any atom is 0.216 e. The summed E-state index contributed by atoms with van der Waals surface area (Å²) >= 11 is 0. The van der Waals surface area contributed by atoms with Crippen LogP contribution in [-0.4, -0.2) is 15.0 Å². The number of rotatable bonds is 3. The Balaban J connectivity index is 0.000000194. The van der Waals surface area contributed by atoms with E-state index in [0.717, 1.165) is 33.3 Å². The first-order valence-electron chi connectivity index (χ1n) is 14.6. The first-order valence-corrected chi connectivity index (χ1v) is 11.6. The van der Waals surface area contributed by atoms with Gasteiger partial charge >= 0.3 is 0 Å². The third-order valence-corrected chi connectivity index (χ3v) is 5.68. The first-order chi connectivity index (χ1) is 19.9. The number of furan rings is 1. The molecule has 37 heavy (non-hydrogen) atoms. The van der Waals surface area contributed by atoms with Crippen LogP contribution in [0.25, 0.3) is 44.6 Å². The Kier molecular flexibility index (Phi) is 6.10. The van der Waals surface area contributed by atoms with Crippen LogP contribution >= 0.6 is 0 Å².